The Labute approximate surface area is 191 Å². The van der Waals surface area contributed by atoms with Crippen LogP contribution in [0.15, 0.2) is 71.7 Å². The van der Waals surface area contributed by atoms with E-state index in [0.717, 1.165) is 16.0 Å². The number of nitrogens with zero attached hydrogens (tertiary/aromatic N) is 4. The van der Waals surface area contributed by atoms with Crippen LogP contribution in [0.1, 0.15) is 22.8 Å². The first-order chi connectivity index (χ1) is 15.9. The molecule has 8 nitrogen and oxygen atoms in total. The maximum atomic E-state index is 12.5. The molecule has 0 saturated heterocycles. The summed E-state index contributed by atoms with van der Waals surface area (Å²) in [5.74, 6) is 0.186. The lowest BCUT2D eigenvalue weighted by Gasteiger charge is -2.12. The second kappa shape index (κ2) is 9.13. The summed E-state index contributed by atoms with van der Waals surface area (Å²) >= 11 is 0. The Morgan fingerprint density at radius 2 is 1.70 bits per heavy atom. The standard InChI is InChI=1S/C25H25N5O3/c1-16(26-15-31)19-8-13-22-23(14-19)30(33)24(28-22)17-4-9-20(10-5-17)27-25(32)18-6-11-21(12-7-18)29(2)3/h4-14,31,33H,15H2,1-3H3,(H,27,32). The van der Waals surface area contributed by atoms with Crippen molar-refractivity contribution in [1.29, 1.82) is 0 Å². The molecule has 4 rings (SSSR count). The molecule has 0 spiro atoms. The Morgan fingerprint density at radius 3 is 2.33 bits per heavy atom. The van der Waals surface area contributed by atoms with Gasteiger partial charge in [-0.05, 0) is 73.2 Å². The van der Waals surface area contributed by atoms with Gasteiger partial charge in [-0.25, -0.2) is 4.98 Å². The van der Waals surface area contributed by atoms with Crippen LogP contribution in [0.25, 0.3) is 22.4 Å². The number of amides is 1. The summed E-state index contributed by atoms with van der Waals surface area (Å²) in [4.78, 5) is 23.0. The highest BCUT2D eigenvalue weighted by molar-refractivity contribution is 6.04. The molecule has 168 valence electrons. The van der Waals surface area contributed by atoms with Crippen LogP contribution in [0.5, 0.6) is 0 Å². The molecule has 1 heterocycles. The van der Waals surface area contributed by atoms with Crippen molar-refractivity contribution in [3.63, 3.8) is 0 Å². The Morgan fingerprint density at radius 1 is 1.03 bits per heavy atom. The highest BCUT2D eigenvalue weighted by Crippen LogP contribution is 2.26. The van der Waals surface area contributed by atoms with E-state index in [1.54, 1.807) is 55.5 Å². The second-order valence-corrected chi connectivity index (χ2v) is 7.81. The summed E-state index contributed by atoms with van der Waals surface area (Å²) in [7, 11) is 3.89. The molecule has 1 aromatic heterocycles. The van der Waals surface area contributed by atoms with E-state index in [1.807, 2.05) is 37.2 Å². The second-order valence-electron chi connectivity index (χ2n) is 7.81. The van der Waals surface area contributed by atoms with Crippen molar-refractivity contribution in [2.45, 2.75) is 6.92 Å². The van der Waals surface area contributed by atoms with Crippen LogP contribution in [0, 0.1) is 0 Å². The van der Waals surface area contributed by atoms with Crippen molar-refractivity contribution in [1.82, 2.24) is 9.71 Å². The molecule has 0 aliphatic rings. The average Bonchev–Trinajstić information content (AvgIpc) is 3.15. The minimum atomic E-state index is -0.294. The molecule has 33 heavy (non-hydrogen) atoms. The van der Waals surface area contributed by atoms with Crippen molar-refractivity contribution in [3.8, 4) is 11.4 Å². The smallest absolute Gasteiger partial charge is 0.255 e. The monoisotopic (exact) mass is 443 g/mol. The highest BCUT2D eigenvalue weighted by atomic mass is 16.5. The van der Waals surface area contributed by atoms with Gasteiger partial charge >= 0.3 is 0 Å². The van der Waals surface area contributed by atoms with Gasteiger partial charge in [0.1, 0.15) is 12.2 Å². The zero-order valence-corrected chi connectivity index (χ0v) is 18.6. The predicted octanol–water partition coefficient (Wildman–Crippen LogP) is 4.02. The number of rotatable bonds is 6. The number of aliphatic imine (C=N–C) groups is 1. The summed E-state index contributed by atoms with van der Waals surface area (Å²) in [6.45, 7) is 1.50. The Hall–Kier alpha value is -4.17. The van der Waals surface area contributed by atoms with Crippen LogP contribution in [0.3, 0.4) is 0 Å². The van der Waals surface area contributed by atoms with Gasteiger partial charge in [-0.15, -0.1) is 0 Å². The number of aliphatic hydroxyl groups excluding tert-OH is 1. The summed E-state index contributed by atoms with van der Waals surface area (Å²) in [5.41, 5.74) is 5.54. The highest BCUT2D eigenvalue weighted by Gasteiger charge is 2.14. The van der Waals surface area contributed by atoms with Crippen molar-refractivity contribution < 1.29 is 15.1 Å². The number of nitrogens with one attached hydrogen (secondary N) is 1. The van der Waals surface area contributed by atoms with Crippen molar-refractivity contribution >= 4 is 34.0 Å². The lowest BCUT2D eigenvalue weighted by atomic mass is 10.1. The predicted molar refractivity (Wildman–Crippen MR) is 130 cm³/mol. The molecule has 0 bridgehead atoms. The molecule has 0 radical (unpaired) electrons. The van der Waals surface area contributed by atoms with Crippen molar-refractivity contribution in [2.24, 2.45) is 4.99 Å². The Kier molecular flexibility index (Phi) is 6.10. The minimum absolute atomic E-state index is 0.199. The fourth-order valence-corrected chi connectivity index (χ4v) is 3.49. The van der Waals surface area contributed by atoms with Gasteiger partial charge in [-0.3, -0.25) is 9.79 Å². The van der Waals surface area contributed by atoms with Gasteiger partial charge < -0.3 is 20.5 Å². The number of imidazole rings is 1. The van der Waals surface area contributed by atoms with Gasteiger partial charge in [0.25, 0.3) is 5.91 Å². The molecule has 0 atom stereocenters. The van der Waals surface area contributed by atoms with Crippen molar-refractivity contribution in [3.05, 3.63) is 77.9 Å². The third kappa shape index (κ3) is 4.56. The lowest BCUT2D eigenvalue weighted by Crippen LogP contribution is -2.13. The number of benzene rings is 3. The van der Waals surface area contributed by atoms with E-state index in [1.165, 1.54) is 0 Å². The number of carbonyl (C=O) groups is 1. The normalized spacial score (nSPS) is 11.6. The zero-order chi connectivity index (χ0) is 23.5. The SMILES string of the molecule is CC(=NCO)c1ccc2nc(-c3ccc(NC(=O)c4ccc(N(C)C)cc4)cc3)n(O)c2c1. The number of aromatic nitrogens is 2. The molecule has 3 N–H and O–H groups in total. The summed E-state index contributed by atoms with van der Waals surface area (Å²) in [5, 5.41) is 22.6. The van der Waals surface area contributed by atoms with Crippen LogP contribution in [0.4, 0.5) is 11.4 Å². The van der Waals surface area contributed by atoms with Crippen LogP contribution in [-0.4, -0.2) is 52.5 Å². The lowest BCUT2D eigenvalue weighted by molar-refractivity contribution is 0.102. The quantitative estimate of drug-likeness (QED) is 0.309. The van der Waals surface area contributed by atoms with E-state index in [-0.39, 0.29) is 12.6 Å². The number of aliphatic hydroxyl groups is 1. The van der Waals surface area contributed by atoms with Gasteiger partial charge in [-0.2, -0.15) is 4.73 Å². The van der Waals surface area contributed by atoms with Gasteiger partial charge in [0, 0.05) is 42.3 Å². The first-order valence-corrected chi connectivity index (χ1v) is 10.4. The van der Waals surface area contributed by atoms with Gasteiger partial charge in [0.05, 0.1) is 5.52 Å². The van der Waals surface area contributed by atoms with E-state index in [9.17, 15) is 10.0 Å². The number of fused-ring (bicyclic) bond motifs is 1. The molecule has 1 amide bonds. The topological polar surface area (TPSA) is 103 Å². The summed E-state index contributed by atoms with van der Waals surface area (Å²) in [6.07, 6.45) is 0. The van der Waals surface area contributed by atoms with E-state index < -0.39 is 0 Å². The molecule has 0 unspecified atom stereocenters. The van der Waals surface area contributed by atoms with Crippen LogP contribution < -0.4 is 10.2 Å². The van der Waals surface area contributed by atoms with E-state index in [4.69, 9.17) is 5.11 Å². The van der Waals surface area contributed by atoms with Crippen LogP contribution in [-0.2, 0) is 0 Å². The average molecular weight is 444 g/mol. The number of hydrogen-bond donors (Lipinski definition) is 3. The molecule has 3 aromatic carbocycles. The number of hydrogen-bond acceptors (Lipinski definition) is 6. The molecule has 4 aromatic rings. The fourth-order valence-electron chi connectivity index (χ4n) is 3.49. The molecule has 0 aliphatic carbocycles. The molecular formula is C25H25N5O3. The zero-order valence-electron chi connectivity index (χ0n) is 18.6. The van der Waals surface area contributed by atoms with E-state index in [2.05, 4.69) is 15.3 Å². The van der Waals surface area contributed by atoms with Gasteiger partial charge in [0.2, 0.25) is 0 Å². The molecular weight excluding hydrogens is 418 g/mol. The first-order valence-electron chi connectivity index (χ1n) is 10.4. The van der Waals surface area contributed by atoms with E-state index in [0.29, 0.717) is 39.4 Å². The third-order valence-corrected chi connectivity index (χ3v) is 5.40. The maximum absolute atomic E-state index is 12.5. The van der Waals surface area contributed by atoms with Crippen LogP contribution in [0.2, 0.25) is 0 Å². The molecule has 0 aliphatic heterocycles. The molecule has 0 saturated carbocycles. The molecule has 0 fully saturated rings. The van der Waals surface area contributed by atoms with Crippen molar-refractivity contribution in [2.75, 3.05) is 31.0 Å². The Balaban J connectivity index is 1.54. The minimum Gasteiger partial charge on any atom is -0.426 e. The first kappa shape index (κ1) is 22.0. The fraction of sp³-hybridized carbons (Fsp3) is 0.160. The largest absolute Gasteiger partial charge is 0.426 e. The number of carbonyl (C=O) groups excluding carboxylic acids is 1. The van der Waals surface area contributed by atoms with Crippen LogP contribution >= 0.6 is 0 Å². The third-order valence-electron chi connectivity index (χ3n) is 5.40. The summed E-state index contributed by atoms with van der Waals surface area (Å²) in [6, 6.07) is 19.9. The number of anilines is 2. The Bertz CT molecular complexity index is 1320. The van der Waals surface area contributed by atoms with Gasteiger partial charge in [0.15, 0.2) is 5.82 Å². The maximum Gasteiger partial charge on any atom is 0.255 e. The van der Waals surface area contributed by atoms with Gasteiger partial charge in [-0.1, -0.05) is 6.07 Å². The van der Waals surface area contributed by atoms with E-state index >= 15 is 0 Å². The summed E-state index contributed by atoms with van der Waals surface area (Å²) < 4.78 is 1.03. The molecule has 8 heteroatoms.